The van der Waals surface area contributed by atoms with Gasteiger partial charge in [-0.25, -0.2) is 0 Å². The number of carbonyl (C=O) groups excluding carboxylic acids is 1. The predicted molar refractivity (Wildman–Crippen MR) is 76.4 cm³/mol. The second-order valence-corrected chi connectivity index (χ2v) is 7.25. The van der Waals surface area contributed by atoms with E-state index in [1.54, 1.807) is 0 Å². The Kier molecular flexibility index (Phi) is 3.26. The maximum atomic E-state index is 12.9. The number of hydrogen-bond acceptors (Lipinski definition) is 3. The third-order valence-corrected chi connectivity index (χ3v) is 5.83. The monoisotopic (exact) mass is 278 g/mol. The molecular formula is C16H26N2O2. The molecule has 2 saturated carbocycles. The second kappa shape index (κ2) is 4.99. The van der Waals surface area contributed by atoms with Crippen LogP contribution < -0.4 is 5.32 Å². The summed E-state index contributed by atoms with van der Waals surface area (Å²) in [5, 5.41) is 3.54. The van der Waals surface area contributed by atoms with Crippen molar-refractivity contribution in [3.05, 3.63) is 0 Å². The lowest BCUT2D eigenvalue weighted by atomic mass is 9.93. The molecule has 4 fully saturated rings. The molecule has 0 aromatic heterocycles. The van der Waals surface area contributed by atoms with Crippen LogP contribution >= 0.6 is 0 Å². The van der Waals surface area contributed by atoms with Crippen molar-refractivity contribution < 1.29 is 9.53 Å². The van der Waals surface area contributed by atoms with E-state index in [0.29, 0.717) is 29.3 Å². The Labute approximate surface area is 121 Å². The normalized spacial score (nSPS) is 35.2. The van der Waals surface area contributed by atoms with Crippen molar-refractivity contribution in [2.75, 3.05) is 26.3 Å². The maximum absolute atomic E-state index is 12.9. The van der Waals surface area contributed by atoms with E-state index in [4.69, 9.17) is 4.74 Å². The summed E-state index contributed by atoms with van der Waals surface area (Å²) in [5.74, 6) is 0.775. The largest absolute Gasteiger partial charge is 0.381 e. The second-order valence-electron chi connectivity index (χ2n) is 7.25. The molecule has 4 aliphatic rings. The Morgan fingerprint density at radius 3 is 2.70 bits per heavy atom. The van der Waals surface area contributed by atoms with Gasteiger partial charge in [-0.15, -0.1) is 0 Å². The highest BCUT2D eigenvalue weighted by molar-refractivity contribution is 5.83. The van der Waals surface area contributed by atoms with Crippen molar-refractivity contribution in [3.8, 4) is 0 Å². The third kappa shape index (κ3) is 2.37. The Bertz CT molecular complexity index is 382. The van der Waals surface area contributed by atoms with Gasteiger partial charge >= 0.3 is 0 Å². The van der Waals surface area contributed by atoms with Gasteiger partial charge < -0.3 is 15.0 Å². The van der Waals surface area contributed by atoms with E-state index >= 15 is 0 Å². The van der Waals surface area contributed by atoms with Gasteiger partial charge in [0.1, 0.15) is 0 Å². The highest BCUT2D eigenvalue weighted by Crippen LogP contribution is 2.60. The van der Waals surface area contributed by atoms with Crippen molar-refractivity contribution in [2.45, 2.75) is 57.0 Å². The molecular weight excluding hydrogens is 252 g/mol. The van der Waals surface area contributed by atoms with Gasteiger partial charge in [-0.05, 0) is 56.9 Å². The first-order chi connectivity index (χ1) is 9.78. The Morgan fingerprint density at radius 2 is 2.05 bits per heavy atom. The Morgan fingerprint density at radius 1 is 1.25 bits per heavy atom. The fraction of sp³-hybridized carbons (Fsp3) is 0.938. The fourth-order valence-electron chi connectivity index (χ4n) is 4.18. The van der Waals surface area contributed by atoms with Crippen molar-refractivity contribution >= 4 is 5.91 Å². The van der Waals surface area contributed by atoms with E-state index in [2.05, 4.69) is 10.2 Å². The number of nitrogens with zero attached hydrogens (tertiary/aromatic N) is 1. The zero-order valence-electron chi connectivity index (χ0n) is 12.3. The van der Waals surface area contributed by atoms with Crippen LogP contribution in [0.25, 0.3) is 0 Å². The van der Waals surface area contributed by atoms with Crippen LogP contribution in [0.5, 0.6) is 0 Å². The van der Waals surface area contributed by atoms with Crippen molar-refractivity contribution in [2.24, 2.45) is 11.3 Å². The molecule has 20 heavy (non-hydrogen) atoms. The minimum Gasteiger partial charge on any atom is -0.381 e. The van der Waals surface area contributed by atoms with E-state index in [0.717, 1.165) is 45.6 Å². The Balaban J connectivity index is 1.40. The summed E-state index contributed by atoms with van der Waals surface area (Å²) in [6.07, 6.45) is 8.27. The van der Waals surface area contributed by atoms with Crippen LogP contribution in [0.3, 0.4) is 0 Å². The number of ether oxygens (including phenoxy) is 1. The molecule has 1 spiro atoms. The number of rotatable bonds is 4. The molecule has 4 heteroatoms. The first-order valence-corrected chi connectivity index (χ1v) is 8.40. The van der Waals surface area contributed by atoms with Crippen LogP contribution in [0.2, 0.25) is 0 Å². The first kappa shape index (κ1) is 13.1. The molecule has 0 aromatic rings. The van der Waals surface area contributed by atoms with Gasteiger partial charge in [-0.1, -0.05) is 0 Å². The Hall–Kier alpha value is -0.610. The molecule has 0 radical (unpaired) electrons. The van der Waals surface area contributed by atoms with Crippen LogP contribution in [-0.2, 0) is 9.53 Å². The van der Waals surface area contributed by atoms with Crippen molar-refractivity contribution in [1.82, 2.24) is 10.2 Å². The van der Waals surface area contributed by atoms with Gasteiger partial charge in [0.05, 0.1) is 0 Å². The van der Waals surface area contributed by atoms with Gasteiger partial charge in [0.25, 0.3) is 0 Å². The SMILES string of the molecule is O=C([C@@H]1CC12CCOCC2)N(C[C@H]1CCCN1)C1CC1. The zero-order chi connectivity index (χ0) is 13.6. The molecule has 1 N–H and O–H groups in total. The number of hydrogen-bond donors (Lipinski definition) is 1. The van der Waals surface area contributed by atoms with Gasteiger partial charge in [-0.3, -0.25) is 4.79 Å². The summed E-state index contributed by atoms with van der Waals surface area (Å²) in [7, 11) is 0. The molecule has 2 aliphatic carbocycles. The minimum atomic E-state index is 0.313. The molecule has 4 nitrogen and oxygen atoms in total. The lowest BCUT2D eigenvalue weighted by molar-refractivity contribution is -0.135. The molecule has 2 aliphatic heterocycles. The number of nitrogens with one attached hydrogen (secondary N) is 1. The minimum absolute atomic E-state index is 0.313. The zero-order valence-corrected chi connectivity index (χ0v) is 12.3. The van der Waals surface area contributed by atoms with Crippen LogP contribution in [0.15, 0.2) is 0 Å². The van der Waals surface area contributed by atoms with Crippen LogP contribution in [0, 0.1) is 11.3 Å². The fourth-order valence-corrected chi connectivity index (χ4v) is 4.18. The van der Waals surface area contributed by atoms with E-state index in [-0.39, 0.29) is 0 Å². The van der Waals surface area contributed by atoms with E-state index < -0.39 is 0 Å². The van der Waals surface area contributed by atoms with E-state index in [9.17, 15) is 4.79 Å². The van der Waals surface area contributed by atoms with E-state index in [1.807, 2.05) is 0 Å². The van der Waals surface area contributed by atoms with Crippen LogP contribution in [0.4, 0.5) is 0 Å². The average Bonchev–Trinajstić information content (AvgIpc) is 3.37. The third-order valence-electron chi connectivity index (χ3n) is 5.83. The molecule has 0 bridgehead atoms. The molecule has 4 rings (SSSR count). The highest BCUT2D eigenvalue weighted by atomic mass is 16.5. The molecule has 0 unspecified atom stereocenters. The topological polar surface area (TPSA) is 41.6 Å². The van der Waals surface area contributed by atoms with Crippen LogP contribution in [0.1, 0.15) is 44.9 Å². The predicted octanol–water partition coefficient (Wildman–Crippen LogP) is 1.55. The summed E-state index contributed by atoms with van der Waals surface area (Å²) in [6.45, 7) is 3.80. The summed E-state index contributed by atoms with van der Waals surface area (Å²) >= 11 is 0. The number of amides is 1. The molecule has 2 saturated heterocycles. The standard InChI is InChI=1S/C16H26N2O2/c19-15(14-10-16(14)5-8-20-9-6-16)18(13-3-4-13)11-12-2-1-7-17-12/h12-14,17H,1-11H2/t12-,14+/m1/s1. The van der Waals surface area contributed by atoms with Gasteiger partial charge in [0, 0.05) is 37.8 Å². The number of carbonyl (C=O) groups is 1. The van der Waals surface area contributed by atoms with Crippen molar-refractivity contribution in [1.29, 1.82) is 0 Å². The van der Waals surface area contributed by atoms with Gasteiger partial charge in [0.2, 0.25) is 5.91 Å². The summed E-state index contributed by atoms with van der Waals surface area (Å²) in [6, 6.07) is 1.10. The molecule has 2 heterocycles. The molecule has 112 valence electrons. The van der Waals surface area contributed by atoms with Gasteiger partial charge in [-0.2, -0.15) is 0 Å². The highest BCUT2D eigenvalue weighted by Gasteiger charge is 2.59. The average molecular weight is 278 g/mol. The van der Waals surface area contributed by atoms with Crippen molar-refractivity contribution in [3.63, 3.8) is 0 Å². The molecule has 2 atom stereocenters. The maximum Gasteiger partial charge on any atom is 0.226 e. The van der Waals surface area contributed by atoms with E-state index in [1.165, 1.54) is 25.7 Å². The summed E-state index contributed by atoms with van der Waals surface area (Å²) in [5.41, 5.74) is 0.325. The smallest absolute Gasteiger partial charge is 0.226 e. The molecule has 1 amide bonds. The van der Waals surface area contributed by atoms with Gasteiger partial charge in [0.15, 0.2) is 0 Å². The molecule has 0 aromatic carbocycles. The summed E-state index contributed by atoms with van der Waals surface area (Å²) in [4.78, 5) is 15.1. The lowest BCUT2D eigenvalue weighted by Gasteiger charge is -2.28. The summed E-state index contributed by atoms with van der Waals surface area (Å²) < 4.78 is 5.47. The van der Waals surface area contributed by atoms with Crippen LogP contribution in [-0.4, -0.2) is 49.2 Å². The quantitative estimate of drug-likeness (QED) is 0.848. The first-order valence-electron chi connectivity index (χ1n) is 8.40. The lowest BCUT2D eigenvalue weighted by Crippen LogP contribution is -2.44.